The monoisotopic (exact) mass is 314 g/mol. The van der Waals surface area contributed by atoms with E-state index in [1.807, 2.05) is 11.9 Å². The van der Waals surface area contributed by atoms with E-state index in [9.17, 15) is 4.39 Å². The standard InChI is InChI=1S/C14H20BrFN2/c1-14(2)6-4-11(5-7-14)18(3)13-12(16)8-10(15)9-17-13/h8-9,11H,4-7H2,1-3H3. The van der Waals surface area contributed by atoms with Gasteiger partial charge in [0.05, 0.1) is 0 Å². The van der Waals surface area contributed by atoms with E-state index < -0.39 is 0 Å². The van der Waals surface area contributed by atoms with Crippen LogP contribution in [0, 0.1) is 11.2 Å². The summed E-state index contributed by atoms with van der Waals surface area (Å²) in [6.45, 7) is 4.61. The number of pyridine rings is 1. The van der Waals surface area contributed by atoms with Crippen molar-refractivity contribution in [2.45, 2.75) is 45.6 Å². The molecule has 4 heteroatoms. The third-order valence-corrected chi connectivity index (χ3v) is 4.41. The number of hydrogen-bond donors (Lipinski definition) is 0. The van der Waals surface area contributed by atoms with Gasteiger partial charge in [-0.3, -0.25) is 0 Å². The second kappa shape index (κ2) is 5.16. The summed E-state index contributed by atoms with van der Waals surface area (Å²) < 4.78 is 14.6. The van der Waals surface area contributed by atoms with E-state index in [1.54, 1.807) is 6.20 Å². The topological polar surface area (TPSA) is 16.1 Å². The van der Waals surface area contributed by atoms with Crippen LogP contribution in [0.1, 0.15) is 39.5 Å². The Bertz CT molecular complexity index is 424. The lowest BCUT2D eigenvalue weighted by Crippen LogP contribution is -2.38. The molecule has 0 radical (unpaired) electrons. The van der Waals surface area contributed by atoms with Crippen molar-refractivity contribution in [1.82, 2.24) is 4.98 Å². The number of aromatic nitrogens is 1. The van der Waals surface area contributed by atoms with Gasteiger partial charge in [-0.15, -0.1) is 0 Å². The van der Waals surface area contributed by atoms with E-state index in [1.165, 1.54) is 18.9 Å². The summed E-state index contributed by atoms with van der Waals surface area (Å²) in [5, 5.41) is 0. The summed E-state index contributed by atoms with van der Waals surface area (Å²) in [5.74, 6) is 0.208. The second-order valence-corrected chi connectivity index (χ2v) is 6.88. The average molecular weight is 315 g/mol. The minimum atomic E-state index is -0.253. The summed E-state index contributed by atoms with van der Waals surface area (Å²) in [5.41, 5.74) is 0.434. The van der Waals surface area contributed by atoms with Crippen LogP contribution >= 0.6 is 15.9 Å². The number of hydrogen-bond acceptors (Lipinski definition) is 2. The van der Waals surface area contributed by atoms with Crippen LogP contribution in [0.3, 0.4) is 0 Å². The molecule has 0 aromatic carbocycles. The summed E-state index contributed by atoms with van der Waals surface area (Å²) in [4.78, 5) is 6.19. The highest BCUT2D eigenvalue weighted by molar-refractivity contribution is 9.10. The number of rotatable bonds is 2. The van der Waals surface area contributed by atoms with Gasteiger partial charge in [0.2, 0.25) is 0 Å². The number of halogens is 2. The Hall–Kier alpha value is -0.640. The summed E-state index contributed by atoms with van der Waals surface area (Å²) in [6.07, 6.45) is 6.27. The van der Waals surface area contributed by atoms with Crippen LogP contribution in [0.25, 0.3) is 0 Å². The van der Waals surface area contributed by atoms with Gasteiger partial charge < -0.3 is 4.90 Å². The quantitative estimate of drug-likeness (QED) is 0.805. The molecule has 0 amide bonds. The maximum Gasteiger partial charge on any atom is 0.166 e. The first-order valence-electron chi connectivity index (χ1n) is 6.43. The molecule has 1 aliphatic carbocycles. The van der Waals surface area contributed by atoms with Gasteiger partial charge in [0.25, 0.3) is 0 Å². The van der Waals surface area contributed by atoms with Gasteiger partial charge in [0.15, 0.2) is 11.6 Å². The third kappa shape index (κ3) is 3.02. The van der Waals surface area contributed by atoms with E-state index in [2.05, 4.69) is 34.8 Å². The molecule has 100 valence electrons. The van der Waals surface area contributed by atoms with E-state index in [4.69, 9.17) is 0 Å². The predicted octanol–water partition coefficient (Wildman–Crippen LogP) is 4.39. The molecule has 18 heavy (non-hydrogen) atoms. The van der Waals surface area contributed by atoms with E-state index in [0.29, 0.717) is 21.7 Å². The fourth-order valence-electron chi connectivity index (χ4n) is 2.61. The van der Waals surface area contributed by atoms with Gasteiger partial charge in [-0.25, -0.2) is 9.37 Å². The number of anilines is 1. The first-order chi connectivity index (χ1) is 8.39. The lowest BCUT2D eigenvalue weighted by Gasteiger charge is -2.39. The van der Waals surface area contributed by atoms with Crippen molar-refractivity contribution in [3.05, 3.63) is 22.6 Å². The minimum absolute atomic E-state index is 0.253. The molecule has 0 unspecified atom stereocenters. The molecule has 0 atom stereocenters. The SMILES string of the molecule is CN(c1ncc(Br)cc1F)C1CCC(C)(C)CC1. The maximum absolute atomic E-state index is 13.9. The van der Waals surface area contributed by atoms with Crippen LogP contribution in [0.2, 0.25) is 0 Å². The molecule has 1 fully saturated rings. The Labute approximate surface area is 117 Å². The van der Waals surface area contributed by atoms with Crippen LogP contribution < -0.4 is 4.90 Å². The summed E-state index contributed by atoms with van der Waals surface area (Å²) in [7, 11) is 1.95. The van der Waals surface area contributed by atoms with Gasteiger partial charge in [-0.05, 0) is 53.1 Å². The maximum atomic E-state index is 13.9. The van der Waals surface area contributed by atoms with E-state index in [-0.39, 0.29) is 5.82 Å². The zero-order valence-electron chi connectivity index (χ0n) is 11.2. The fraction of sp³-hybridized carbons (Fsp3) is 0.643. The average Bonchev–Trinajstić information content (AvgIpc) is 2.28. The lowest BCUT2D eigenvalue weighted by molar-refractivity contribution is 0.222. The Morgan fingerprint density at radius 2 is 2.00 bits per heavy atom. The molecule has 1 saturated carbocycles. The fourth-order valence-corrected chi connectivity index (χ4v) is 2.91. The van der Waals surface area contributed by atoms with E-state index >= 15 is 0 Å². The van der Waals surface area contributed by atoms with Crippen molar-refractivity contribution in [2.75, 3.05) is 11.9 Å². The van der Waals surface area contributed by atoms with Gasteiger partial charge in [-0.2, -0.15) is 0 Å². The van der Waals surface area contributed by atoms with Crippen LogP contribution in [-0.2, 0) is 0 Å². The molecule has 2 nitrogen and oxygen atoms in total. The molecule has 1 aliphatic rings. The summed E-state index contributed by atoms with van der Waals surface area (Å²) in [6, 6.07) is 1.88. The van der Waals surface area contributed by atoms with Crippen molar-refractivity contribution in [1.29, 1.82) is 0 Å². The van der Waals surface area contributed by atoms with Gasteiger partial charge in [0.1, 0.15) is 0 Å². The Kier molecular flexibility index (Phi) is 3.95. The highest BCUT2D eigenvalue weighted by Crippen LogP contribution is 2.37. The molecule has 0 saturated heterocycles. The molecule has 0 spiro atoms. The van der Waals surface area contributed by atoms with Crippen LogP contribution in [-0.4, -0.2) is 18.1 Å². The normalized spacial score (nSPS) is 19.8. The Balaban J connectivity index is 2.10. The van der Waals surface area contributed by atoms with Crippen LogP contribution in [0.5, 0.6) is 0 Å². The summed E-state index contributed by atoms with van der Waals surface area (Å²) >= 11 is 3.24. The molecular weight excluding hydrogens is 295 g/mol. The third-order valence-electron chi connectivity index (χ3n) is 3.98. The van der Waals surface area contributed by atoms with Crippen molar-refractivity contribution in [3.8, 4) is 0 Å². The van der Waals surface area contributed by atoms with Crippen LogP contribution in [0.4, 0.5) is 10.2 Å². The molecule has 0 N–H and O–H groups in total. The van der Waals surface area contributed by atoms with Crippen molar-refractivity contribution >= 4 is 21.7 Å². The van der Waals surface area contributed by atoms with Crippen molar-refractivity contribution in [3.63, 3.8) is 0 Å². The highest BCUT2D eigenvalue weighted by atomic mass is 79.9. The molecule has 2 rings (SSSR count). The lowest BCUT2D eigenvalue weighted by atomic mass is 9.75. The zero-order valence-corrected chi connectivity index (χ0v) is 12.8. The van der Waals surface area contributed by atoms with Gasteiger partial charge >= 0.3 is 0 Å². The van der Waals surface area contributed by atoms with Gasteiger partial charge in [-0.1, -0.05) is 13.8 Å². The van der Waals surface area contributed by atoms with Gasteiger partial charge in [0, 0.05) is 23.8 Å². The highest BCUT2D eigenvalue weighted by Gasteiger charge is 2.30. The molecule has 1 aromatic heterocycles. The first kappa shape index (κ1) is 13.8. The number of nitrogens with zero attached hydrogens (tertiary/aromatic N) is 2. The predicted molar refractivity (Wildman–Crippen MR) is 76.3 cm³/mol. The molecule has 0 aliphatic heterocycles. The van der Waals surface area contributed by atoms with Crippen molar-refractivity contribution in [2.24, 2.45) is 5.41 Å². The molecular formula is C14H20BrFN2. The smallest absolute Gasteiger partial charge is 0.166 e. The Morgan fingerprint density at radius 1 is 1.39 bits per heavy atom. The molecule has 0 bridgehead atoms. The van der Waals surface area contributed by atoms with Crippen LogP contribution in [0.15, 0.2) is 16.7 Å². The largest absolute Gasteiger partial charge is 0.354 e. The first-order valence-corrected chi connectivity index (χ1v) is 7.22. The Morgan fingerprint density at radius 3 is 2.56 bits per heavy atom. The molecule has 1 aromatic rings. The van der Waals surface area contributed by atoms with E-state index in [0.717, 1.165) is 12.8 Å². The zero-order chi connectivity index (χ0) is 13.3. The second-order valence-electron chi connectivity index (χ2n) is 5.97. The van der Waals surface area contributed by atoms with Crippen molar-refractivity contribution < 1.29 is 4.39 Å². The molecule has 1 heterocycles. The minimum Gasteiger partial charge on any atom is -0.354 e.